The van der Waals surface area contributed by atoms with E-state index in [1.54, 1.807) is 0 Å². The molecule has 80 valence electrons. The van der Waals surface area contributed by atoms with Gasteiger partial charge in [-0.05, 0) is 19.2 Å². The van der Waals surface area contributed by atoms with Crippen molar-refractivity contribution in [1.29, 1.82) is 0 Å². The number of benzene rings is 1. The first kappa shape index (κ1) is 10.2. The molecule has 1 amide bonds. The first-order valence-electron chi connectivity index (χ1n) is 5.30. The Kier molecular flexibility index (Phi) is 3.02. The maximum atomic E-state index is 11.9. The minimum Gasteiger partial charge on any atom is -0.338 e. The second kappa shape index (κ2) is 4.45. The highest BCUT2D eigenvalue weighted by Gasteiger charge is 2.30. The lowest BCUT2D eigenvalue weighted by Crippen LogP contribution is -2.52. The lowest BCUT2D eigenvalue weighted by Gasteiger charge is -2.39. The maximum absolute atomic E-state index is 11.9. The summed E-state index contributed by atoms with van der Waals surface area (Å²) in [6.45, 7) is 2.77. The van der Waals surface area contributed by atoms with E-state index in [1.165, 1.54) is 0 Å². The number of amides is 1. The summed E-state index contributed by atoms with van der Waals surface area (Å²) in [4.78, 5) is 13.8. The number of carbonyl (C=O) groups excluding carboxylic acids is 1. The Balaban J connectivity index is 1.90. The molecule has 1 saturated heterocycles. The largest absolute Gasteiger partial charge is 0.338 e. The standard InChI is InChI=1S/C12H16N2O/c1-13-7-10-8-14(9-10)12(15)11-5-3-2-4-6-11/h2-6,10,13H,7-9H2,1H3. The number of rotatable bonds is 3. The molecule has 0 spiro atoms. The van der Waals surface area contributed by atoms with Gasteiger partial charge in [0.05, 0.1) is 0 Å². The van der Waals surface area contributed by atoms with E-state index in [1.807, 2.05) is 42.3 Å². The van der Waals surface area contributed by atoms with Crippen LogP contribution in [0.5, 0.6) is 0 Å². The number of carbonyl (C=O) groups is 1. The van der Waals surface area contributed by atoms with E-state index >= 15 is 0 Å². The summed E-state index contributed by atoms with van der Waals surface area (Å²) in [6, 6.07) is 9.47. The van der Waals surface area contributed by atoms with Gasteiger partial charge in [-0.3, -0.25) is 4.79 Å². The van der Waals surface area contributed by atoms with Gasteiger partial charge in [0.25, 0.3) is 5.91 Å². The predicted octanol–water partition coefficient (Wildman–Crippen LogP) is 0.978. The monoisotopic (exact) mass is 204 g/mol. The molecule has 1 aliphatic heterocycles. The summed E-state index contributed by atoms with van der Waals surface area (Å²) in [5, 5.41) is 3.13. The minimum atomic E-state index is 0.156. The van der Waals surface area contributed by atoms with Crippen LogP contribution in [0, 0.1) is 5.92 Å². The molecular formula is C12H16N2O. The van der Waals surface area contributed by atoms with Crippen LogP contribution in [0.3, 0.4) is 0 Å². The van der Waals surface area contributed by atoms with Gasteiger partial charge in [0.15, 0.2) is 0 Å². The normalized spacial score (nSPS) is 16.2. The molecule has 3 heteroatoms. The quantitative estimate of drug-likeness (QED) is 0.796. The Bertz CT molecular complexity index is 331. The first-order valence-corrected chi connectivity index (χ1v) is 5.30. The average Bonchev–Trinajstić information content (AvgIpc) is 2.23. The summed E-state index contributed by atoms with van der Waals surface area (Å²) < 4.78 is 0. The van der Waals surface area contributed by atoms with E-state index < -0.39 is 0 Å². The van der Waals surface area contributed by atoms with Crippen LogP contribution in [-0.2, 0) is 0 Å². The maximum Gasteiger partial charge on any atom is 0.253 e. The van der Waals surface area contributed by atoms with Gasteiger partial charge in [-0.25, -0.2) is 0 Å². The highest BCUT2D eigenvalue weighted by atomic mass is 16.2. The fourth-order valence-electron chi connectivity index (χ4n) is 1.92. The van der Waals surface area contributed by atoms with E-state index in [0.29, 0.717) is 5.92 Å². The molecule has 2 rings (SSSR count). The van der Waals surface area contributed by atoms with E-state index in [9.17, 15) is 4.79 Å². The second-order valence-electron chi connectivity index (χ2n) is 4.00. The summed E-state index contributed by atoms with van der Waals surface area (Å²) in [5.74, 6) is 0.783. The SMILES string of the molecule is CNCC1CN(C(=O)c2ccccc2)C1. The van der Waals surface area contributed by atoms with Crippen molar-refractivity contribution in [2.45, 2.75) is 0 Å². The molecular weight excluding hydrogens is 188 g/mol. The molecule has 0 bridgehead atoms. The van der Waals surface area contributed by atoms with Gasteiger partial charge in [0, 0.05) is 31.1 Å². The molecule has 0 unspecified atom stereocenters. The molecule has 1 aliphatic rings. The molecule has 0 aliphatic carbocycles. The van der Waals surface area contributed by atoms with Crippen LogP contribution >= 0.6 is 0 Å². The van der Waals surface area contributed by atoms with E-state index in [4.69, 9.17) is 0 Å². The van der Waals surface area contributed by atoms with Gasteiger partial charge < -0.3 is 10.2 Å². The zero-order valence-corrected chi connectivity index (χ0v) is 8.94. The lowest BCUT2D eigenvalue weighted by molar-refractivity contribution is 0.0504. The molecule has 1 aromatic rings. The van der Waals surface area contributed by atoms with Gasteiger partial charge in [-0.2, -0.15) is 0 Å². The average molecular weight is 204 g/mol. The van der Waals surface area contributed by atoms with Crippen molar-refractivity contribution in [3.63, 3.8) is 0 Å². The van der Waals surface area contributed by atoms with Crippen LogP contribution in [0.4, 0.5) is 0 Å². The molecule has 1 heterocycles. The van der Waals surface area contributed by atoms with Gasteiger partial charge in [0.1, 0.15) is 0 Å². The smallest absolute Gasteiger partial charge is 0.253 e. The lowest BCUT2D eigenvalue weighted by atomic mass is 9.99. The Morgan fingerprint density at radius 2 is 2.07 bits per heavy atom. The van der Waals surface area contributed by atoms with Crippen molar-refractivity contribution >= 4 is 5.91 Å². The Morgan fingerprint density at radius 3 is 2.67 bits per heavy atom. The molecule has 1 aromatic carbocycles. The first-order chi connectivity index (χ1) is 7.31. The summed E-state index contributed by atoms with van der Waals surface area (Å²) >= 11 is 0. The molecule has 15 heavy (non-hydrogen) atoms. The molecule has 1 fully saturated rings. The third-order valence-electron chi connectivity index (χ3n) is 2.76. The third kappa shape index (κ3) is 2.18. The fraction of sp³-hybridized carbons (Fsp3) is 0.417. The van der Waals surface area contributed by atoms with Crippen molar-refractivity contribution in [3.8, 4) is 0 Å². The number of hydrogen-bond donors (Lipinski definition) is 1. The Morgan fingerprint density at radius 1 is 1.40 bits per heavy atom. The minimum absolute atomic E-state index is 0.156. The number of nitrogens with one attached hydrogen (secondary N) is 1. The summed E-state index contributed by atoms with van der Waals surface area (Å²) in [5.41, 5.74) is 0.792. The second-order valence-corrected chi connectivity index (χ2v) is 4.00. The molecule has 1 N–H and O–H groups in total. The number of likely N-dealkylation sites (tertiary alicyclic amines) is 1. The van der Waals surface area contributed by atoms with Gasteiger partial charge >= 0.3 is 0 Å². The zero-order chi connectivity index (χ0) is 10.7. The van der Waals surface area contributed by atoms with Crippen molar-refractivity contribution < 1.29 is 4.79 Å². The molecule has 0 aromatic heterocycles. The Hall–Kier alpha value is -1.35. The summed E-state index contributed by atoms with van der Waals surface area (Å²) in [6.07, 6.45) is 0. The zero-order valence-electron chi connectivity index (χ0n) is 8.94. The van der Waals surface area contributed by atoms with Crippen LogP contribution in [0.15, 0.2) is 30.3 Å². The molecule has 0 saturated carbocycles. The molecule has 0 radical (unpaired) electrons. The molecule has 3 nitrogen and oxygen atoms in total. The number of nitrogens with zero attached hydrogens (tertiary/aromatic N) is 1. The van der Waals surface area contributed by atoms with Crippen molar-refractivity contribution in [2.75, 3.05) is 26.7 Å². The van der Waals surface area contributed by atoms with Crippen molar-refractivity contribution in [1.82, 2.24) is 10.2 Å². The fourth-order valence-corrected chi connectivity index (χ4v) is 1.92. The van der Waals surface area contributed by atoms with Crippen LogP contribution in [0.25, 0.3) is 0 Å². The number of hydrogen-bond acceptors (Lipinski definition) is 2. The van der Waals surface area contributed by atoms with E-state index in [0.717, 1.165) is 25.2 Å². The highest BCUT2D eigenvalue weighted by Crippen LogP contribution is 2.17. The van der Waals surface area contributed by atoms with Gasteiger partial charge in [0.2, 0.25) is 0 Å². The van der Waals surface area contributed by atoms with Crippen LogP contribution < -0.4 is 5.32 Å². The third-order valence-corrected chi connectivity index (χ3v) is 2.76. The van der Waals surface area contributed by atoms with Crippen molar-refractivity contribution in [2.24, 2.45) is 5.92 Å². The van der Waals surface area contributed by atoms with Crippen molar-refractivity contribution in [3.05, 3.63) is 35.9 Å². The Labute approximate surface area is 90.1 Å². The van der Waals surface area contributed by atoms with E-state index in [2.05, 4.69) is 5.32 Å². The van der Waals surface area contributed by atoms with Gasteiger partial charge in [-0.1, -0.05) is 18.2 Å². The van der Waals surface area contributed by atoms with Crippen LogP contribution in [0.2, 0.25) is 0 Å². The summed E-state index contributed by atoms with van der Waals surface area (Å²) in [7, 11) is 1.95. The van der Waals surface area contributed by atoms with Crippen LogP contribution in [0.1, 0.15) is 10.4 Å². The topological polar surface area (TPSA) is 32.3 Å². The van der Waals surface area contributed by atoms with E-state index in [-0.39, 0.29) is 5.91 Å². The van der Waals surface area contributed by atoms with Crippen LogP contribution in [-0.4, -0.2) is 37.5 Å². The highest BCUT2D eigenvalue weighted by molar-refractivity contribution is 5.94. The predicted molar refractivity (Wildman–Crippen MR) is 59.8 cm³/mol. The van der Waals surface area contributed by atoms with Gasteiger partial charge in [-0.15, -0.1) is 0 Å². The molecule has 0 atom stereocenters.